The molecule has 7 heteroatoms. The summed E-state index contributed by atoms with van der Waals surface area (Å²) in [4.78, 5) is 38.0. The van der Waals surface area contributed by atoms with Gasteiger partial charge < -0.3 is 9.84 Å². The number of hydrogen-bond acceptors (Lipinski definition) is 5. The molecule has 3 saturated carbocycles. The molecule has 4 rings (SSSR count). The third-order valence-corrected chi connectivity index (χ3v) is 9.69. The van der Waals surface area contributed by atoms with Gasteiger partial charge in [0, 0.05) is 29.1 Å². The number of allylic oxidation sites excluding steroid dienone is 4. The largest absolute Gasteiger partial charge is 0.450 e. The van der Waals surface area contributed by atoms with Crippen molar-refractivity contribution in [3.05, 3.63) is 23.8 Å². The van der Waals surface area contributed by atoms with E-state index in [2.05, 4.69) is 0 Å². The Bertz CT molecular complexity index is 945. The van der Waals surface area contributed by atoms with Crippen molar-refractivity contribution in [2.24, 2.45) is 28.6 Å². The monoisotopic (exact) mass is 480 g/mol. The number of rotatable bonds is 5. The minimum absolute atomic E-state index is 0.0261. The Hall–Kier alpha value is -1.53. The summed E-state index contributed by atoms with van der Waals surface area (Å²) in [5.41, 5.74) is -4.84. The molecule has 0 saturated heterocycles. The van der Waals surface area contributed by atoms with Crippen LogP contribution in [-0.4, -0.2) is 45.9 Å². The van der Waals surface area contributed by atoms with Gasteiger partial charge in [0.2, 0.25) is 0 Å². The minimum Gasteiger partial charge on any atom is -0.450 e. The highest BCUT2D eigenvalue weighted by atomic mass is 35.5. The molecule has 5 unspecified atom stereocenters. The molecule has 0 amide bonds. The molecule has 0 aromatic rings. The third-order valence-electron chi connectivity index (χ3n) is 9.45. The number of aliphatic hydroxyl groups excluding tert-OH is 1. The van der Waals surface area contributed by atoms with Crippen LogP contribution < -0.4 is 0 Å². The van der Waals surface area contributed by atoms with Crippen molar-refractivity contribution in [1.29, 1.82) is 0 Å². The summed E-state index contributed by atoms with van der Waals surface area (Å²) in [6.07, 6.45) is 5.33. The number of alkyl halides is 2. The van der Waals surface area contributed by atoms with Crippen LogP contribution in [0.15, 0.2) is 23.8 Å². The maximum Gasteiger partial charge on any atom is 0.306 e. The van der Waals surface area contributed by atoms with E-state index >= 15 is 4.39 Å². The number of fused-ring (bicyclic) bond motifs is 5. The van der Waals surface area contributed by atoms with E-state index in [9.17, 15) is 19.5 Å². The Labute approximate surface area is 199 Å². The second kappa shape index (κ2) is 8.01. The molecule has 0 radical (unpaired) electrons. The van der Waals surface area contributed by atoms with E-state index in [1.165, 1.54) is 12.2 Å². The first-order valence-corrected chi connectivity index (χ1v) is 12.6. The highest BCUT2D eigenvalue weighted by Crippen LogP contribution is 2.71. The van der Waals surface area contributed by atoms with E-state index in [1.54, 1.807) is 13.0 Å². The van der Waals surface area contributed by atoms with Gasteiger partial charge in [0.15, 0.2) is 22.8 Å². The first kappa shape index (κ1) is 24.6. The molecule has 0 bridgehead atoms. The lowest BCUT2D eigenvalue weighted by Gasteiger charge is -2.62. The topological polar surface area (TPSA) is 80.7 Å². The molecule has 5 nitrogen and oxygen atoms in total. The Balaban J connectivity index is 1.83. The molecule has 8 atom stereocenters. The number of hydrogen-bond donors (Lipinski definition) is 1. The standard InChI is InChI=1S/C26H34ClFO5/c1-5-6-22(32)33-26(21(31)14-27)15(2)11-19-18-8-7-16-12-17(29)9-10-23(16,3)25(18,28)20(30)13-24(19,26)4/h9-10,12,15,18-20,30H,5-8,11,13-14H2,1-4H3/t15-,18?,19?,20?,23?,24?,25-,26-/m0/s1. The highest BCUT2D eigenvalue weighted by Gasteiger charge is 2.77. The smallest absolute Gasteiger partial charge is 0.306 e. The molecule has 182 valence electrons. The van der Waals surface area contributed by atoms with Gasteiger partial charge in [0.1, 0.15) is 0 Å². The van der Waals surface area contributed by atoms with Crippen LogP contribution in [0, 0.1) is 28.6 Å². The molecular weight excluding hydrogens is 447 g/mol. The number of aliphatic hydroxyl groups is 1. The lowest BCUT2D eigenvalue weighted by atomic mass is 9.44. The van der Waals surface area contributed by atoms with E-state index in [0.29, 0.717) is 31.3 Å². The maximum atomic E-state index is 17.2. The number of carbonyl (C=O) groups excluding carboxylic acids is 3. The van der Waals surface area contributed by atoms with Crippen LogP contribution >= 0.6 is 11.6 Å². The first-order chi connectivity index (χ1) is 15.4. The zero-order valence-corrected chi connectivity index (χ0v) is 20.6. The summed E-state index contributed by atoms with van der Waals surface area (Å²) in [6, 6.07) is 0. The van der Waals surface area contributed by atoms with Gasteiger partial charge >= 0.3 is 5.97 Å². The van der Waals surface area contributed by atoms with Crippen LogP contribution in [-0.2, 0) is 19.1 Å². The first-order valence-electron chi connectivity index (χ1n) is 12.0. The second-order valence-corrected chi connectivity index (χ2v) is 11.2. The van der Waals surface area contributed by atoms with Crippen LogP contribution in [0.5, 0.6) is 0 Å². The average molecular weight is 481 g/mol. The molecule has 0 heterocycles. The molecule has 0 aliphatic heterocycles. The predicted molar refractivity (Wildman–Crippen MR) is 122 cm³/mol. The molecule has 0 spiro atoms. The summed E-state index contributed by atoms with van der Waals surface area (Å²) in [5, 5.41) is 11.5. The average Bonchev–Trinajstić information content (AvgIpc) is 2.97. The lowest BCUT2D eigenvalue weighted by Crippen LogP contribution is -2.70. The van der Waals surface area contributed by atoms with Crippen molar-refractivity contribution >= 4 is 29.1 Å². The number of Topliss-reactive ketones (excluding diaryl/α,β-unsaturated/α-hetero) is 1. The highest BCUT2D eigenvalue weighted by molar-refractivity contribution is 6.29. The van der Waals surface area contributed by atoms with E-state index in [4.69, 9.17) is 16.3 Å². The van der Waals surface area contributed by atoms with Gasteiger partial charge in [-0.25, -0.2) is 4.39 Å². The van der Waals surface area contributed by atoms with Crippen molar-refractivity contribution in [3.8, 4) is 0 Å². The van der Waals surface area contributed by atoms with Crippen molar-refractivity contribution < 1.29 is 28.6 Å². The van der Waals surface area contributed by atoms with Crippen molar-refractivity contribution in [2.75, 3.05) is 5.88 Å². The fourth-order valence-electron chi connectivity index (χ4n) is 7.93. The number of halogens is 2. The summed E-state index contributed by atoms with van der Waals surface area (Å²) in [5.74, 6) is -2.52. The second-order valence-electron chi connectivity index (χ2n) is 10.9. The van der Waals surface area contributed by atoms with Crippen LogP contribution in [0.3, 0.4) is 0 Å². The Morgan fingerprint density at radius 1 is 1.30 bits per heavy atom. The van der Waals surface area contributed by atoms with Gasteiger partial charge in [0.25, 0.3) is 0 Å². The van der Waals surface area contributed by atoms with Crippen LogP contribution in [0.4, 0.5) is 4.39 Å². The lowest BCUT2D eigenvalue weighted by molar-refractivity contribution is -0.227. The summed E-state index contributed by atoms with van der Waals surface area (Å²) < 4.78 is 23.2. The molecule has 0 aromatic carbocycles. The Morgan fingerprint density at radius 2 is 2.00 bits per heavy atom. The van der Waals surface area contributed by atoms with Gasteiger partial charge in [-0.1, -0.05) is 32.4 Å². The van der Waals surface area contributed by atoms with E-state index in [-0.39, 0.29) is 42.1 Å². The van der Waals surface area contributed by atoms with Crippen LogP contribution in [0.25, 0.3) is 0 Å². The maximum absolute atomic E-state index is 17.2. The summed E-state index contributed by atoms with van der Waals surface area (Å²) in [7, 11) is 0. The fourth-order valence-corrected chi connectivity index (χ4v) is 8.13. The molecule has 4 aliphatic rings. The molecule has 0 aromatic heterocycles. The van der Waals surface area contributed by atoms with Crippen LogP contribution in [0.1, 0.15) is 66.2 Å². The van der Waals surface area contributed by atoms with E-state index < -0.39 is 40.1 Å². The molecular formula is C26H34ClFO5. The summed E-state index contributed by atoms with van der Waals surface area (Å²) in [6.45, 7) is 7.35. The van der Waals surface area contributed by atoms with Gasteiger partial charge in [-0.2, -0.15) is 0 Å². The third kappa shape index (κ3) is 3.02. The van der Waals surface area contributed by atoms with Gasteiger partial charge in [-0.15, -0.1) is 11.6 Å². The Morgan fingerprint density at radius 3 is 2.64 bits per heavy atom. The van der Waals surface area contributed by atoms with E-state index in [1.807, 2.05) is 20.8 Å². The fraction of sp³-hybridized carbons (Fsp3) is 0.731. The molecule has 1 N–H and O–H groups in total. The SMILES string of the molecule is CCCC(=O)O[C@]1(C(=O)CCl)[C@@H](C)CC2C3CCC4=CC(=O)C=CC4(C)[C@@]3(F)C(O)CC21C. The van der Waals surface area contributed by atoms with Gasteiger partial charge in [-0.05, 0) is 57.1 Å². The Kier molecular flexibility index (Phi) is 5.97. The number of carbonyl (C=O) groups is 3. The molecule has 33 heavy (non-hydrogen) atoms. The number of ketones is 2. The quantitative estimate of drug-likeness (QED) is 0.463. The van der Waals surface area contributed by atoms with Gasteiger partial charge in [0.05, 0.1) is 12.0 Å². The van der Waals surface area contributed by atoms with Crippen molar-refractivity contribution in [2.45, 2.75) is 83.6 Å². The van der Waals surface area contributed by atoms with Crippen molar-refractivity contribution in [1.82, 2.24) is 0 Å². The molecule has 4 aliphatic carbocycles. The molecule has 3 fully saturated rings. The zero-order chi connectivity index (χ0) is 24.4. The van der Waals surface area contributed by atoms with Crippen molar-refractivity contribution in [3.63, 3.8) is 0 Å². The van der Waals surface area contributed by atoms with Gasteiger partial charge in [-0.3, -0.25) is 14.4 Å². The number of esters is 1. The summed E-state index contributed by atoms with van der Waals surface area (Å²) >= 11 is 6.04. The predicted octanol–water partition coefficient (Wildman–Crippen LogP) is 4.49. The van der Waals surface area contributed by atoms with E-state index in [0.717, 1.165) is 0 Å². The zero-order valence-electron chi connectivity index (χ0n) is 19.8. The normalized spacial score (nSPS) is 46.2. The van der Waals surface area contributed by atoms with Crippen LogP contribution in [0.2, 0.25) is 0 Å². The number of ether oxygens (including phenoxy) is 1. The minimum atomic E-state index is -1.99.